The molecule has 1 aromatic heterocycles. The summed E-state index contributed by atoms with van der Waals surface area (Å²) in [6.45, 7) is 3.12. The van der Waals surface area contributed by atoms with Crippen LogP contribution in [0.4, 0.5) is 11.9 Å². The van der Waals surface area contributed by atoms with Crippen molar-refractivity contribution < 1.29 is 0 Å². The molecule has 0 unspecified atom stereocenters. The van der Waals surface area contributed by atoms with Crippen LogP contribution in [-0.2, 0) is 0 Å². The highest BCUT2D eigenvalue weighted by atomic mass is 35.5. The first-order valence-corrected chi connectivity index (χ1v) is 6.22. The third-order valence-corrected chi connectivity index (χ3v) is 2.59. The van der Waals surface area contributed by atoms with E-state index in [1.54, 1.807) is 0 Å². The maximum atomic E-state index is 5.88. The zero-order valence-corrected chi connectivity index (χ0v) is 11.7. The van der Waals surface area contributed by atoms with Crippen molar-refractivity contribution in [3.63, 3.8) is 0 Å². The van der Waals surface area contributed by atoms with Gasteiger partial charge in [-0.2, -0.15) is 15.0 Å². The number of hydrogen-bond donors (Lipinski definition) is 0. The molecule has 0 amide bonds. The van der Waals surface area contributed by atoms with Crippen LogP contribution < -0.4 is 9.80 Å². The quantitative estimate of drug-likeness (QED) is 0.732. The van der Waals surface area contributed by atoms with Gasteiger partial charge in [-0.25, -0.2) is 0 Å². The molecule has 0 fully saturated rings. The third kappa shape index (κ3) is 4.34. The van der Waals surface area contributed by atoms with Crippen LogP contribution in [-0.4, -0.2) is 42.6 Å². The second kappa shape index (κ2) is 6.59. The van der Waals surface area contributed by atoms with Crippen LogP contribution >= 0.6 is 11.6 Å². The Hall–Kier alpha value is -1.10. The highest BCUT2D eigenvalue weighted by Gasteiger charge is 2.10. The van der Waals surface area contributed by atoms with E-state index in [9.17, 15) is 0 Å². The Bertz CT molecular complexity index is 356. The SMILES string of the molecule is CCCCCN(C)c1nc(Cl)nc(N(C)C)n1. The van der Waals surface area contributed by atoms with Crippen LogP contribution in [0.3, 0.4) is 0 Å². The molecule has 0 saturated carbocycles. The van der Waals surface area contributed by atoms with Crippen molar-refractivity contribution in [2.24, 2.45) is 0 Å². The largest absolute Gasteiger partial charge is 0.347 e. The number of hydrogen-bond acceptors (Lipinski definition) is 5. The molecule has 6 heteroatoms. The topological polar surface area (TPSA) is 45.2 Å². The van der Waals surface area contributed by atoms with E-state index in [0.717, 1.165) is 13.0 Å². The van der Waals surface area contributed by atoms with E-state index in [1.807, 2.05) is 30.9 Å². The zero-order valence-electron chi connectivity index (χ0n) is 10.9. The molecule has 0 spiro atoms. The van der Waals surface area contributed by atoms with Crippen molar-refractivity contribution in [1.29, 1.82) is 0 Å². The molecule has 0 aliphatic carbocycles. The van der Waals surface area contributed by atoms with Crippen molar-refractivity contribution in [2.75, 3.05) is 37.5 Å². The van der Waals surface area contributed by atoms with E-state index in [-0.39, 0.29) is 5.28 Å². The summed E-state index contributed by atoms with van der Waals surface area (Å²) in [5, 5.41) is 0.237. The molecule has 0 N–H and O–H groups in total. The monoisotopic (exact) mass is 257 g/mol. The van der Waals surface area contributed by atoms with E-state index in [2.05, 4.69) is 21.9 Å². The Morgan fingerprint density at radius 3 is 2.24 bits per heavy atom. The molecule has 0 radical (unpaired) electrons. The number of rotatable bonds is 6. The Balaban J connectivity index is 2.75. The fourth-order valence-corrected chi connectivity index (χ4v) is 1.55. The van der Waals surface area contributed by atoms with E-state index in [0.29, 0.717) is 11.9 Å². The van der Waals surface area contributed by atoms with Gasteiger partial charge < -0.3 is 9.80 Å². The number of anilines is 2. The van der Waals surface area contributed by atoms with Crippen molar-refractivity contribution in [2.45, 2.75) is 26.2 Å². The number of aromatic nitrogens is 3. The van der Waals surface area contributed by atoms with Gasteiger partial charge in [0.05, 0.1) is 0 Å². The smallest absolute Gasteiger partial charge is 0.231 e. The molecule has 1 heterocycles. The van der Waals surface area contributed by atoms with Gasteiger partial charge in [-0.05, 0) is 18.0 Å². The fraction of sp³-hybridized carbons (Fsp3) is 0.727. The summed E-state index contributed by atoms with van der Waals surface area (Å²) in [6.07, 6.45) is 3.55. The average molecular weight is 258 g/mol. The van der Waals surface area contributed by atoms with Crippen molar-refractivity contribution in [1.82, 2.24) is 15.0 Å². The highest BCUT2D eigenvalue weighted by molar-refractivity contribution is 6.28. The van der Waals surface area contributed by atoms with Crippen LogP contribution in [0.25, 0.3) is 0 Å². The van der Waals surface area contributed by atoms with Gasteiger partial charge >= 0.3 is 0 Å². The van der Waals surface area contributed by atoms with Crippen LogP contribution in [0.5, 0.6) is 0 Å². The zero-order chi connectivity index (χ0) is 12.8. The van der Waals surface area contributed by atoms with Gasteiger partial charge in [-0.3, -0.25) is 0 Å². The second-order valence-electron chi connectivity index (χ2n) is 4.23. The lowest BCUT2D eigenvalue weighted by Crippen LogP contribution is -2.23. The number of halogens is 1. The Kier molecular flexibility index (Phi) is 5.41. The minimum Gasteiger partial charge on any atom is -0.347 e. The van der Waals surface area contributed by atoms with Crippen LogP contribution in [0.2, 0.25) is 5.28 Å². The minimum absolute atomic E-state index is 0.237. The van der Waals surface area contributed by atoms with Gasteiger partial charge in [-0.15, -0.1) is 0 Å². The van der Waals surface area contributed by atoms with Gasteiger partial charge in [0, 0.05) is 27.7 Å². The first-order chi connectivity index (χ1) is 8.04. The van der Waals surface area contributed by atoms with Crippen molar-refractivity contribution in [3.05, 3.63) is 5.28 Å². The lowest BCUT2D eigenvalue weighted by Gasteiger charge is -2.18. The molecular weight excluding hydrogens is 238 g/mol. The first-order valence-electron chi connectivity index (χ1n) is 5.84. The van der Waals surface area contributed by atoms with Crippen LogP contribution in [0.15, 0.2) is 0 Å². The van der Waals surface area contributed by atoms with E-state index < -0.39 is 0 Å². The summed E-state index contributed by atoms with van der Waals surface area (Å²) in [5.74, 6) is 1.21. The second-order valence-corrected chi connectivity index (χ2v) is 4.57. The van der Waals surface area contributed by atoms with Gasteiger partial charge in [0.25, 0.3) is 0 Å². The molecule has 96 valence electrons. The molecule has 0 saturated heterocycles. The van der Waals surface area contributed by atoms with Gasteiger partial charge in [0.15, 0.2) is 0 Å². The van der Waals surface area contributed by atoms with E-state index >= 15 is 0 Å². The molecule has 0 atom stereocenters. The normalized spacial score (nSPS) is 10.4. The Morgan fingerprint density at radius 2 is 1.65 bits per heavy atom. The maximum Gasteiger partial charge on any atom is 0.231 e. The van der Waals surface area contributed by atoms with Gasteiger partial charge in [0.2, 0.25) is 17.2 Å². The minimum atomic E-state index is 0.237. The van der Waals surface area contributed by atoms with Crippen LogP contribution in [0, 0.1) is 0 Å². The fourth-order valence-electron chi connectivity index (χ4n) is 1.40. The Morgan fingerprint density at radius 1 is 1.00 bits per heavy atom. The maximum absolute atomic E-state index is 5.88. The predicted molar refractivity (Wildman–Crippen MR) is 72.0 cm³/mol. The van der Waals surface area contributed by atoms with Crippen LogP contribution in [0.1, 0.15) is 26.2 Å². The average Bonchev–Trinajstić information content (AvgIpc) is 2.28. The summed E-state index contributed by atoms with van der Waals surface area (Å²) in [6, 6.07) is 0. The van der Waals surface area contributed by atoms with Crippen molar-refractivity contribution >= 4 is 23.5 Å². The summed E-state index contributed by atoms with van der Waals surface area (Å²) < 4.78 is 0. The molecule has 0 aliphatic rings. The lowest BCUT2D eigenvalue weighted by molar-refractivity contribution is 0.694. The molecule has 0 aliphatic heterocycles. The molecule has 0 aromatic carbocycles. The summed E-state index contributed by atoms with van der Waals surface area (Å²) >= 11 is 5.88. The highest BCUT2D eigenvalue weighted by Crippen LogP contribution is 2.14. The van der Waals surface area contributed by atoms with Gasteiger partial charge in [-0.1, -0.05) is 19.8 Å². The van der Waals surface area contributed by atoms with E-state index in [1.165, 1.54) is 12.8 Å². The molecule has 5 nitrogen and oxygen atoms in total. The van der Waals surface area contributed by atoms with Crippen molar-refractivity contribution in [3.8, 4) is 0 Å². The number of nitrogens with zero attached hydrogens (tertiary/aromatic N) is 5. The molecular formula is C11H20ClN5. The third-order valence-electron chi connectivity index (χ3n) is 2.42. The molecule has 1 rings (SSSR count). The molecule has 0 bridgehead atoms. The summed E-state index contributed by atoms with van der Waals surface area (Å²) in [5.41, 5.74) is 0. The summed E-state index contributed by atoms with van der Waals surface area (Å²) in [7, 11) is 5.74. The number of unbranched alkanes of at least 4 members (excludes halogenated alkanes) is 2. The summed E-state index contributed by atoms with van der Waals surface area (Å²) in [4.78, 5) is 16.4. The predicted octanol–water partition coefficient (Wildman–Crippen LogP) is 2.22. The van der Waals surface area contributed by atoms with E-state index in [4.69, 9.17) is 11.6 Å². The molecule has 1 aromatic rings. The lowest BCUT2D eigenvalue weighted by atomic mass is 10.2. The van der Waals surface area contributed by atoms with Gasteiger partial charge in [0.1, 0.15) is 0 Å². The molecule has 17 heavy (non-hydrogen) atoms. The first kappa shape index (κ1) is 14.0. The standard InChI is InChI=1S/C11H20ClN5/c1-5-6-7-8-17(4)11-14-9(12)13-10(15-11)16(2)3/h5-8H2,1-4H3. The Labute approximate surface area is 108 Å².